The predicted octanol–water partition coefficient (Wildman–Crippen LogP) is 0.717. The predicted molar refractivity (Wildman–Crippen MR) is 65.9 cm³/mol. The van der Waals surface area contributed by atoms with E-state index in [1.54, 1.807) is 11.3 Å². The highest BCUT2D eigenvalue weighted by Crippen LogP contribution is 2.31. The molecular formula is C11H17N3O2S. The van der Waals surface area contributed by atoms with E-state index in [4.69, 9.17) is 15.2 Å². The number of anilines is 1. The van der Waals surface area contributed by atoms with Crippen LogP contribution in [0, 0.1) is 0 Å². The van der Waals surface area contributed by atoms with Crippen molar-refractivity contribution < 1.29 is 9.47 Å². The average Bonchev–Trinajstić information content (AvgIpc) is 2.93. The molecule has 2 aliphatic heterocycles. The summed E-state index contributed by atoms with van der Waals surface area (Å²) in [5.74, 6) is 0. The highest BCUT2D eigenvalue weighted by molar-refractivity contribution is 7.15. The van der Waals surface area contributed by atoms with Crippen LogP contribution >= 0.6 is 11.3 Å². The van der Waals surface area contributed by atoms with Crippen LogP contribution in [0.25, 0.3) is 0 Å². The lowest BCUT2D eigenvalue weighted by Gasteiger charge is -2.43. The Balaban J connectivity index is 1.75. The molecule has 1 aromatic rings. The number of aromatic nitrogens is 1. The Hall–Kier alpha value is -0.690. The summed E-state index contributed by atoms with van der Waals surface area (Å²) in [5, 5.41) is 0.644. The molecule has 2 fully saturated rings. The van der Waals surface area contributed by atoms with Crippen LogP contribution in [0.4, 0.5) is 5.13 Å². The fourth-order valence-electron chi connectivity index (χ4n) is 2.56. The van der Waals surface area contributed by atoms with E-state index < -0.39 is 0 Å². The normalized spacial score (nSPS) is 30.1. The zero-order chi connectivity index (χ0) is 11.7. The first-order valence-corrected chi connectivity index (χ1v) is 6.71. The van der Waals surface area contributed by atoms with Gasteiger partial charge in [0.2, 0.25) is 0 Å². The van der Waals surface area contributed by atoms with Gasteiger partial charge in [0.05, 0.1) is 25.4 Å². The molecule has 5 nitrogen and oxygen atoms in total. The van der Waals surface area contributed by atoms with Crippen LogP contribution in [0.15, 0.2) is 6.20 Å². The summed E-state index contributed by atoms with van der Waals surface area (Å²) in [6.07, 6.45) is 2.93. The highest BCUT2D eigenvalue weighted by Gasteiger charge is 2.43. The molecule has 3 rings (SSSR count). The number of nitrogen functional groups attached to an aromatic ring is 1. The summed E-state index contributed by atoms with van der Waals surface area (Å²) in [4.78, 5) is 7.79. The van der Waals surface area contributed by atoms with Gasteiger partial charge in [0.1, 0.15) is 0 Å². The monoisotopic (exact) mass is 255 g/mol. The van der Waals surface area contributed by atoms with Gasteiger partial charge in [0, 0.05) is 30.8 Å². The second-order valence-corrected chi connectivity index (χ2v) is 5.81. The lowest BCUT2D eigenvalue weighted by molar-refractivity contribution is -0.0745. The maximum Gasteiger partial charge on any atom is 0.180 e. The molecule has 1 aromatic heterocycles. The zero-order valence-corrected chi connectivity index (χ0v) is 10.5. The molecule has 2 saturated heterocycles. The van der Waals surface area contributed by atoms with E-state index in [9.17, 15) is 0 Å². The number of rotatable bonds is 2. The topological polar surface area (TPSA) is 60.6 Å². The van der Waals surface area contributed by atoms with Crippen molar-refractivity contribution >= 4 is 16.5 Å². The van der Waals surface area contributed by atoms with E-state index in [0.717, 1.165) is 45.9 Å². The van der Waals surface area contributed by atoms with Gasteiger partial charge < -0.3 is 15.2 Å². The van der Waals surface area contributed by atoms with Crippen LogP contribution in [0.2, 0.25) is 0 Å². The molecule has 0 aromatic carbocycles. The lowest BCUT2D eigenvalue weighted by Crippen LogP contribution is -2.56. The molecule has 94 valence electrons. The minimum absolute atomic E-state index is 0.0804. The molecule has 0 saturated carbocycles. The number of morpholine rings is 1. The molecule has 1 atom stereocenters. The van der Waals surface area contributed by atoms with Crippen molar-refractivity contribution in [1.29, 1.82) is 0 Å². The van der Waals surface area contributed by atoms with Crippen molar-refractivity contribution in [1.82, 2.24) is 9.88 Å². The molecule has 1 spiro atoms. The fraction of sp³-hybridized carbons (Fsp3) is 0.727. The molecular weight excluding hydrogens is 238 g/mol. The molecule has 6 heteroatoms. The van der Waals surface area contributed by atoms with Crippen LogP contribution in [0.1, 0.15) is 11.3 Å². The number of nitrogens with two attached hydrogens (primary N) is 1. The highest BCUT2D eigenvalue weighted by atomic mass is 32.1. The second kappa shape index (κ2) is 4.53. The summed E-state index contributed by atoms with van der Waals surface area (Å²) < 4.78 is 11.2. The number of thiazole rings is 1. The van der Waals surface area contributed by atoms with Gasteiger partial charge in [-0.1, -0.05) is 0 Å². The molecule has 0 amide bonds. The Labute approximate surface area is 105 Å². The minimum atomic E-state index is 0.0804. The van der Waals surface area contributed by atoms with Gasteiger partial charge in [-0.2, -0.15) is 0 Å². The summed E-state index contributed by atoms with van der Waals surface area (Å²) in [7, 11) is 0. The van der Waals surface area contributed by atoms with Crippen LogP contribution in [-0.4, -0.2) is 48.4 Å². The Kier molecular flexibility index (Phi) is 3.04. The van der Waals surface area contributed by atoms with Crippen LogP contribution in [0.3, 0.4) is 0 Å². The Morgan fingerprint density at radius 2 is 2.24 bits per heavy atom. The van der Waals surface area contributed by atoms with E-state index in [-0.39, 0.29) is 5.54 Å². The van der Waals surface area contributed by atoms with Gasteiger partial charge in [0.25, 0.3) is 0 Å². The molecule has 0 aliphatic carbocycles. The molecule has 0 radical (unpaired) electrons. The third kappa shape index (κ3) is 2.18. The fourth-order valence-corrected chi connectivity index (χ4v) is 3.26. The van der Waals surface area contributed by atoms with Crippen LogP contribution in [-0.2, 0) is 16.0 Å². The van der Waals surface area contributed by atoms with Gasteiger partial charge in [-0.15, -0.1) is 11.3 Å². The molecule has 1 unspecified atom stereocenters. The van der Waals surface area contributed by atoms with Crippen molar-refractivity contribution in [2.75, 3.05) is 38.7 Å². The van der Waals surface area contributed by atoms with E-state index >= 15 is 0 Å². The first kappa shape index (κ1) is 11.4. The average molecular weight is 255 g/mol. The van der Waals surface area contributed by atoms with Crippen LogP contribution in [0.5, 0.6) is 0 Å². The van der Waals surface area contributed by atoms with Crippen molar-refractivity contribution in [3.63, 3.8) is 0 Å². The van der Waals surface area contributed by atoms with Crippen LogP contribution < -0.4 is 5.73 Å². The van der Waals surface area contributed by atoms with Crippen molar-refractivity contribution in [3.05, 3.63) is 11.1 Å². The maximum absolute atomic E-state index is 5.67. The zero-order valence-electron chi connectivity index (χ0n) is 9.72. The van der Waals surface area contributed by atoms with Crippen molar-refractivity contribution in [2.45, 2.75) is 18.5 Å². The molecule has 2 aliphatic rings. The minimum Gasteiger partial charge on any atom is -0.379 e. The number of ether oxygens (including phenoxy) is 2. The smallest absolute Gasteiger partial charge is 0.180 e. The van der Waals surface area contributed by atoms with E-state index in [1.165, 1.54) is 4.88 Å². The van der Waals surface area contributed by atoms with Gasteiger partial charge >= 0.3 is 0 Å². The second-order valence-electron chi connectivity index (χ2n) is 4.67. The van der Waals surface area contributed by atoms with Gasteiger partial charge in [-0.3, -0.25) is 4.90 Å². The molecule has 2 N–H and O–H groups in total. The summed E-state index contributed by atoms with van der Waals surface area (Å²) >= 11 is 1.57. The van der Waals surface area contributed by atoms with E-state index in [1.807, 2.05) is 6.20 Å². The Morgan fingerprint density at radius 1 is 1.41 bits per heavy atom. The van der Waals surface area contributed by atoms with Gasteiger partial charge in [-0.05, 0) is 6.42 Å². The van der Waals surface area contributed by atoms with Gasteiger partial charge in [0.15, 0.2) is 5.13 Å². The first-order chi connectivity index (χ1) is 8.28. The molecule has 3 heterocycles. The lowest BCUT2D eigenvalue weighted by atomic mass is 9.96. The third-order valence-corrected chi connectivity index (χ3v) is 4.36. The third-order valence-electron chi connectivity index (χ3n) is 3.55. The first-order valence-electron chi connectivity index (χ1n) is 5.89. The number of nitrogens with zero attached hydrogens (tertiary/aromatic N) is 2. The summed E-state index contributed by atoms with van der Waals surface area (Å²) in [6, 6.07) is 0. The van der Waals surface area contributed by atoms with E-state index in [0.29, 0.717) is 5.13 Å². The van der Waals surface area contributed by atoms with Crippen molar-refractivity contribution in [3.8, 4) is 0 Å². The summed E-state index contributed by atoms with van der Waals surface area (Å²) in [5.41, 5.74) is 5.75. The maximum atomic E-state index is 5.67. The van der Waals surface area contributed by atoms with Crippen molar-refractivity contribution in [2.24, 2.45) is 0 Å². The number of hydrogen-bond donors (Lipinski definition) is 1. The molecule has 0 bridgehead atoms. The van der Waals surface area contributed by atoms with E-state index in [2.05, 4.69) is 9.88 Å². The Morgan fingerprint density at radius 3 is 2.94 bits per heavy atom. The number of hydrogen-bond acceptors (Lipinski definition) is 6. The summed E-state index contributed by atoms with van der Waals surface area (Å²) in [6.45, 7) is 5.06. The quantitative estimate of drug-likeness (QED) is 0.843. The Bertz CT molecular complexity index is 390. The standard InChI is InChI=1S/C11H17N3O2S/c12-10-13-5-9(17-10)6-14-2-4-16-8-11(14)1-3-15-7-11/h5H,1-4,6-8H2,(H2,12,13). The largest absolute Gasteiger partial charge is 0.379 e. The molecule has 17 heavy (non-hydrogen) atoms. The SMILES string of the molecule is Nc1ncc(CN2CCOCC23CCOC3)s1. The van der Waals surface area contributed by atoms with Gasteiger partial charge in [-0.25, -0.2) is 4.98 Å².